The molecule has 0 saturated carbocycles. The highest BCUT2D eigenvalue weighted by molar-refractivity contribution is 9.10. The summed E-state index contributed by atoms with van der Waals surface area (Å²) in [6, 6.07) is 2.88. The van der Waals surface area contributed by atoms with Crippen molar-refractivity contribution in [1.29, 1.82) is 0 Å². The van der Waals surface area contributed by atoms with Gasteiger partial charge in [0.2, 0.25) is 5.91 Å². The molecule has 0 aliphatic heterocycles. The quantitative estimate of drug-likeness (QED) is 0.813. The second kappa shape index (κ2) is 5.46. The Kier molecular flexibility index (Phi) is 4.63. The summed E-state index contributed by atoms with van der Waals surface area (Å²) in [7, 11) is -3.49. The van der Waals surface area contributed by atoms with Crippen molar-refractivity contribution in [3.63, 3.8) is 0 Å². The summed E-state index contributed by atoms with van der Waals surface area (Å²) in [4.78, 5) is 11.7. The molecule has 1 amide bonds. The van der Waals surface area contributed by atoms with E-state index in [2.05, 4.69) is 21.2 Å². The minimum absolute atomic E-state index is 0.0479. The minimum atomic E-state index is -3.49. The van der Waals surface area contributed by atoms with Gasteiger partial charge in [0, 0.05) is 10.7 Å². The molecule has 0 heterocycles. The maximum Gasteiger partial charge on any atom is 0.242 e. The number of nitrogens with one attached hydrogen (secondary N) is 1. The molecule has 100 valence electrons. The van der Waals surface area contributed by atoms with E-state index in [9.17, 15) is 18.3 Å². The maximum absolute atomic E-state index is 11.7. The van der Waals surface area contributed by atoms with E-state index in [-0.39, 0.29) is 16.5 Å². The summed E-state index contributed by atoms with van der Waals surface area (Å²) in [5.74, 6) is -1.05. The molecule has 0 aliphatic rings. The number of halogens is 2. The second-order valence-electron chi connectivity index (χ2n) is 3.74. The average molecular weight is 357 g/mol. The predicted molar refractivity (Wildman–Crippen MR) is 73.8 cm³/mol. The first-order valence-corrected chi connectivity index (χ1v) is 7.93. The predicted octanol–water partition coefficient (Wildman–Crippen LogP) is 2.18. The summed E-state index contributed by atoms with van der Waals surface area (Å²) < 4.78 is 23.0. The number of sulfone groups is 1. The minimum Gasteiger partial charge on any atom is -0.504 e. The van der Waals surface area contributed by atoms with Crippen LogP contribution in [0.1, 0.15) is 6.92 Å². The fourth-order valence-electron chi connectivity index (χ4n) is 1.09. The number of amides is 1. The molecule has 0 aliphatic carbocycles. The number of aromatic hydroxyl groups is 1. The summed E-state index contributed by atoms with van der Waals surface area (Å²) in [5.41, 5.74) is 0.0508. The van der Waals surface area contributed by atoms with E-state index < -0.39 is 21.0 Å². The van der Waals surface area contributed by atoms with E-state index >= 15 is 0 Å². The molecule has 1 rings (SSSR count). The van der Waals surface area contributed by atoms with Crippen molar-refractivity contribution < 1.29 is 18.3 Å². The molecular weight excluding hydrogens is 346 g/mol. The molecule has 2 N–H and O–H groups in total. The number of hydrogen-bond donors (Lipinski definition) is 2. The van der Waals surface area contributed by atoms with Crippen LogP contribution in [-0.2, 0) is 14.6 Å². The fraction of sp³-hybridized carbons (Fsp3) is 0.300. The molecule has 5 nitrogen and oxygen atoms in total. The summed E-state index contributed by atoms with van der Waals surface area (Å²) in [6.45, 7) is 1.27. The highest BCUT2D eigenvalue weighted by Gasteiger charge is 2.24. The lowest BCUT2D eigenvalue weighted by molar-refractivity contribution is -0.115. The van der Waals surface area contributed by atoms with E-state index in [0.29, 0.717) is 4.47 Å². The number of phenolic OH excluding ortho intramolecular Hbond substituents is 1. The van der Waals surface area contributed by atoms with Gasteiger partial charge in [0.15, 0.2) is 15.6 Å². The van der Waals surface area contributed by atoms with Gasteiger partial charge in [0.05, 0.1) is 10.7 Å². The molecule has 0 bridgehead atoms. The second-order valence-corrected chi connectivity index (χ2v) is 7.43. The Morgan fingerprint density at radius 2 is 2.06 bits per heavy atom. The third-order valence-corrected chi connectivity index (χ3v) is 4.54. The number of carbonyl (C=O) groups excluding carboxylic acids is 1. The van der Waals surface area contributed by atoms with Crippen LogP contribution in [0.25, 0.3) is 0 Å². The molecule has 0 aromatic heterocycles. The van der Waals surface area contributed by atoms with Crippen molar-refractivity contribution in [1.82, 2.24) is 0 Å². The Balaban J connectivity index is 3.03. The van der Waals surface area contributed by atoms with Gasteiger partial charge in [-0.2, -0.15) is 0 Å². The first-order valence-electron chi connectivity index (χ1n) is 4.80. The molecule has 0 saturated heterocycles. The molecule has 1 atom stereocenters. The largest absolute Gasteiger partial charge is 0.504 e. The number of carbonyl (C=O) groups is 1. The monoisotopic (exact) mass is 355 g/mol. The fourth-order valence-corrected chi connectivity index (χ4v) is 2.35. The number of anilines is 1. The Morgan fingerprint density at radius 1 is 1.50 bits per heavy atom. The van der Waals surface area contributed by atoms with Crippen LogP contribution in [0.2, 0.25) is 5.02 Å². The van der Waals surface area contributed by atoms with E-state index in [1.807, 2.05) is 0 Å². The van der Waals surface area contributed by atoms with E-state index in [4.69, 9.17) is 11.6 Å². The van der Waals surface area contributed by atoms with Crippen LogP contribution in [0.15, 0.2) is 16.6 Å². The van der Waals surface area contributed by atoms with Crippen molar-refractivity contribution >= 4 is 49.0 Å². The highest BCUT2D eigenvalue weighted by atomic mass is 79.9. The molecule has 0 fully saturated rings. The van der Waals surface area contributed by atoms with E-state index in [1.165, 1.54) is 19.1 Å². The summed E-state index contributed by atoms with van der Waals surface area (Å²) >= 11 is 8.87. The van der Waals surface area contributed by atoms with Crippen LogP contribution in [0.3, 0.4) is 0 Å². The highest BCUT2D eigenvalue weighted by Crippen LogP contribution is 2.35. The zero-order valence-corrected chi connectivity index (χ0v) is 12.7. The Labute approximate surface area is 118 Å². The molecule has 0 unspecified atom stereocenters. The van der Waals surface area contributed by atoms with Crippen LogP contribution < -0.4 is 5.32 Å². The zero-order valence-electron chi connectivity index (χ0n) is 9.57. The summed E-state index contributed by atoms with van der Waals surface area (Å²) in [5, 5.41) is 10.8. The molecule has 1 aromatic carbocycles. The lowest BCUT2D eigenvalue weighted by Crippen LogP contribution is -2.31. The first-order chi connectivity index (χ1) is 8.12. The van der Waals surface area contributed by atoms with Gasteiger partial charge in [-0.15, -0.1) is 0 Å². The van der Waals surface area contributed by atoms with Gasteiger partial charge >= 0.3 is 0 Å². The number of hydrogen-bond acceptors (Lipinski definition) is 4. The van der Waals surface area contributed by atoms with Crippen molar-refractivity contribution in [2.45, 2.75) is 12.2 Å². The van der Waals surface area contributed by atoms with Crippen molar-refractivity contribution in [2.24, 2.45) is 0 Å². The van der Waals surface area contributed by atoms with Gasteiger partial charge in [0.25, 0.3) is 0 Å². The lowest BCUT2D eigenvalue weighted by atomic mass is 10.3. The molecule has 8 heteroatoms. The van der Waals surface area contributed by atoms with E-state index in [0.717, 1.165) is 6.26 Å². The van der Waals surface area contributed by atoms with Gasteiger partial charge < -0.3 is 10.4 Å². The third-order valence-electron chi connectivity index (χ3n) is 2.30. The van der Waals surface area contributed by atoms with Crippen LogP contribution in [0, 0.1) is 0 Å². The number of rotatable bonds is 3. The topological polar surface area (TPSA) is 83.5 Å². The van der Waals surface area contributed by atoms with Crippen LogP contribution in [0.4, 0.5) is 5.69 Å². The van der Waals surface area contributed by atoms with Crippen molar-refractivity contribution in [2.75, 3.05) is 11.6 Å². The zero-order chi connectivity index (χ0) is 14.1. The van der Waals surface area contributed by atoms with Gasteiger partial charge in [-0.05, 0) is 19.1 Å². The third kappa shape index (κ3) is 3.60. The number of phenols is 1. The Morgan fingerprint density at radius 3 is 2.56 bits per heavy atom. The molecular formula is C10H11BrClNO4S. The molecule has 0 spiro atoms. The SMILES string of the molecule is C[C@H](C(=O)Nc1cc(Br)cc(Cl)c1O)S(C)(=O)=O. The molecule has 0 radical (unpaired) electrons. The van der Waals surface area contributed by atoms with E-state index in [1.54, 1.807) is 0 Å². The Bertz CT molecular complexity index is 588. The van der Waals surface area contributed by atoms with Crippen LogP contribution >= 0.6 is 27.5 Å². The van der Waals surface area contributed by atoms with Crippen molar-refractivity contribution in [3.05, 3.63) is 21.6 Å². The van der Waals surface area contributed by atoms with Crippen LogP contribution in [-0.4, -0.2) is 30.9 Å². The standard InChI is InChI=1S/C10H11BrClNO4S/c1-5(18(2,16)17)10(15)13-8-4-6(11)3-7(12)9(8)14/h3-5,14H,1-2H3,(H,13,15)/t5-/m1/s1. The number of benzene rings is 1. The Hall–Kier alpha value is -0.790. The molecule has 1 aromatic rings. The van der Waals surface area contributed by atoms with Gasteiger partial charge in [-0.1, -0.05) is 27.5 Å². The maximum atomic E-state index is 11.7. The average Bonchev–Trinajstić information content (AvgIpc) is 2.22. The summed E-state index contributed by atoms with van der Waals surface area (Å²) in [6.07, 6.45) is 0.963. The normalized spacial score (nSPS) is 13.1. The smallest absolute Gasteiger partial charge is 0.242 e. The van der Waals surface area contributed by atoms with Crippen molar-refractivity contribution in [3.8, 4) is 5.75 Å². The van der Waals surface area contributed by atoms with Crippen LogP contribution in [0.5, 0.6) is 5.75 Å². The van der Waals surface area contributed by atoms with Gasteiger partial charge in [-0.3, -0.25) is 4.79 Å². The lowest BCUT2D eigenvalue weighted by Gasteiger charge is -2.12. The molecule has 18 heavy (non-hydrogen) atoms. The van der Waals surface area contributed by atoms with Gasteiger partial charge in [0.1, 0.15) is 5.25 Å². The van der Waals surface area contributed by atoms with Gasteiger partial charge in [-0.25, -0.2) is 8.42 Å². The first kappa shape index (κ1) is 15.3.